The summed E-state index contributed by atoms with van der Waals surface area (Å²) in [6.07, 6.45) is 1.69. The molecule has 2 rings (SSSR count). The van der Waals surface area contributed by atoms with Gasteiger partial charge in [-0.15, -0.1) is 0 Å². The molecule has 1 aromatic carbocycles. The molecule has 0 unspecified atom stereocenters. The first-order valence-electron chi connectivity index (χ1n) is 4.94. The summed E-state index contributed by atoms with van der Waals surface area (Å²) in [7, 11) is 0. The summed E-state index contributed by atoms with van der Waals surface area (Å²) in [5, 5.41) is 0.676. The van der Waals surface area contributed by atoms with Gasteiger partial charge in [-0.25, -0.2) is 0 Å². The average Bonchev–Trinajstić information content (AvgIpc) is 2.27. The second kappa shape index (κ2) is 6.89. The van der Waals surface area contributed by atoms with E-state index in [4.69, 9.17) is 16.3 Å². The zero-order valence-corrected chi connectivity index (χ0v) is 16.2. The Labute approximate surface area is 151 Å². The molecule has 94 valence electrons. The average molecular weight is 597 g/mol. The number of aromatic nitrogens is 1. The second-order valence-electron chi connectivity index (χ2n) is 3.45. The van der Waals surface area contributed by atoms with Gasteiger partial charge in [0.25, 0.3) is 0 Å². The van der Waals surface area contributed by atoms with Crippen molar-refractivity contribution in [3.63, 3.8) is 0 Å². The molecule has 0 aliphatic heterocycles. The SMILES string of the molecule is Clc1ccnc(COc2c(I)cc(I)cc2I)c1. The van der Waals surface area contributed by atoms with E-state index in [1.165, 1.54) is 3.57 Å². The van der Waals surface area contributed by atoms with Gasteiger partial charge in [0.1, 0.15) is 12.4 Å². The van der Waals surface area contributed by atoms with E-state index in [-0.39, 0.29) is 0 Å². The third-order valence-electron chi connectivity index (χ3n) is 2.11. The maximum Gasteiger partial charge on any atom is 0.146 e. The van der Waals surface area contributed by atoms with Crippen LogP contribution in [-0.4, -0.2) is 4.98 Å². The van der Waals surface area contributed by atoms with Crippen molar-refractivity contribution in [1.82, 2.24) is 4.98 Å². The monoisotopic (exact) mass is 597 g/mol. The molecule has 0 N–H and O–H groups in total. The van der Waals surface area contributed by atoms with Crippen LogP contribution < -0.4 is 4.74 Å². The van der Waals surface area contributed by atoms with Gasteiger partial charge in [-0.05, 0) is 92.0 Å². The van der Waals surface area contributed by atoms with Gasteiger partial charge in [-0.1, -0.05) is 11.6 Å². The Kier molecular flexibility index (Phi) is 5.76. The molecule has 1 aromatic heterocycles. The highest BCUT2D eigenvalue weighted by Gasteiger charge is 2.08. The molecule has 0 atom stereocenters. The molecule has 0 amide bonds. The van der Waals surface area contributed by atoms with Gasteiger partial charge < -0.3 is 4.74 Å². The lowest BCUT2D eigenvalue weighted by atomic mass is 10.3. The van der Waals surface area contributed by atoms with Crippen LogP contribution in [0.5, 0.6) is 5.75 Å². The molecule has 6 heteroatoms. The van der Waals surface area contributed by atoms with Crippen molar-refractivity contribution in [3.8, 4) is 5.75 Å². The van der Waals surface area contributed by atoms with E-state index in [0.29, 0.717) is 11.6 Å². The molecule has 2 aromatic rings. The molecule has 0 aliphatic rings. The molecule has 0 spiro atoms. The van der Waals surface area contributed by atoms with Crippen molar-refractivity contribution < 1.29 is 4.74 Å². The van der Waals surface area contributed by atoms with Gasteiger partial charge in [0, 0.05) is 14.8 Å². The minimum atomic E-state index is 0.424. The maximum absolute atomic E-state index is 5.91. The maximum atomic E-state index is 5.91. The minimum Gasteiger partial charge on any atom is -0.485 e. The van der Waals surface area contributed by atoms with E-state index in [2.05, 4.69) is 84.9 Å². The summed E-state index contributed by atoms with van der Waals surface area (Å²) in [4.78, 5) is 4.22. The quantitative estimate of drug-likeness (QED) is 0.459. The first kappa shape index (κ1) is 15.0. The van der Waals surface area contributed by atoms with Gasteiger partial charge in [0.2, 0.25) is 0 Å². The topological polar surface area (TPSA) is 22.1 Å². The Morgan fingerprint density at radius 3 is 2.39 bits per heavy atom. The third kappa shape index (κ3) is 4.07. The Bertz CT molecular complexity index is 554. The van der Waals surface area contributed by atoms with Crippen LogP contribution in [0.15, 0.2) is 30.5 Å². The highest BCUT2D eigenvalue weighted by molar-refractivity contribution is 14.1. The lowest BCUT2D eigenvalue weighted by Crippen LogP contribution is -2.01. The molecular weight excluding hydrogens is 590 g/mol. The van der Waals surface area contributed by atoms with Crippen LogP contribution in [0.4, 0.5) is 0 Å². The predicted octanol–water partition coefficient (Wildman–Crippen LogP) is 5.13. The molecule has 0 aliphatic carbocycles. The Balaban J connectivity index is 2.16. The van der Waals surface area contributed by atoms with Crippen LogP contribution >= 0.6 is 79.4 Å². The zero-order valence-electron chi connectivity index (χ0n) is 8.96. The number of benzene rings is 1. The minimum absolute atomic E-state index is 0.424. The molecule has 0 bridgehead atoms. The Hall–Kier alpha value is 0.650. The first-order chi connectivity index (χ1) is 8.56. The fourth-order valence-electron chi connectivity index (χ4n) is 1.34. The molecule has 0 radical (unpaired) electrons. The first-order valence-corrected chi connectivity index (χ1v) is 8.55. The van der Waals surface area contributed by atoms with Gasteiger partial charge >= 0.3 is 0 Å². The van der Waals surface area contributed by atoms with Gasteiger partial charge in [-0.2, -0.15) is 0 Å². The number of hydrogen-bond acceptors (Lipinski definition) is 2. The van der Waals surface area contributed by atoms with E-state index in [1.54, 1.807) is 12.3 Å². The van der Waals surface area contributed by atoms with Crippen molar-refractivity contribution in [3.05, 3.63) is 51.9 Å². The summed E-state index contributed by atoms with van der Waals surface area (Å²) < 4.78 is 9.23. The molecule has 0 saturated heterocycles. The van der Waals surface area contributed by atoms with Crippen LogP contribution in [0, 0.1) is 10.7 Å². The summed E-state index contributed by atoms with van der Waals surface area (Å²) in [6, 6.07) is 7.74. The molecule has 0 fully saturated rings. The van der Waals surface area contributed by atoms with E-state index in [9.17, 15) is 0 Å². The van der Waals surface area contributed by atoms with Gasteiger partial charge in [-0.3, -0.25) is 4.98 Å². The zero-order chi connectivity index (χ0) is 13.1. The smallest absolute Gasteiger partial charge is 0.146 e. The lowest BCUT2D eigenvalue weighted by Gasteiger charge is -2.10. The molecule has 1 heterocycles. The summed E-state index contributed by atoms with van der Waals surface area (Å²) >= 11 is 12.8. The molecule has 2 nitrogen and oxygen atoms in total. The fraction of sp³-hybridized carbons (Fsp3) is 0.0833. The fourth-order valence-corrected chi connectivity index (χ4v) is 5.42. The van der Waals surface area contributed by atoms with E-state index in [0.717, 1.165) is 18.6 Å². The van der Waals surface area contributed by atoms with Crippen LogP contribution in [0.3, 0.4) is 0 Å². The molecule has 18 heavy (non-hydrogen) atoms. The van der Waals surface area contributed by atoms with Crippen molar-refractivity contribution >= 4 is 79.4 Å². The van der Waals surface area contributed by atoms with Crippen LogP contribution in [0.1, 0.15) is 5.69 Å². The number of ether oxygens (including phenoxy) is 1. The summed E-state index contributed by atoms with van der Waals surface area (Å²) in [6.45, 7) is 0.424. The number of halogens is 4. The van der Waals surface area contributed by atoms with Crippen molar-refractivity contribution in [2.24, 2.45) is 0 Å². The van der Waals surface area contributed by atoms with E-state index < -0.39 is 0 Å². The molecule has 0 saturated carbocycles. The predicted molar refractivity (Wildman–Crippen MR) is 98.2 cm³/mol. The largest absolute Gasteiger partial charge is 0.485 e. The van der Waals surface area contributed by atoms with Gasteiger partial charge in [0.15, 0.2) is 0 Å². The number of pyridine rings is 1. The van der Waals surface area contributed by atoms with E-state index in [1.807, 2.05) is 6.07 Å². The standard InChI is InChI=1S/C12H7ClI3NO/c13-7-1-2-17-9(3-7)6-18-12-10(15)4-8(14)5-11(12)16/h1-5H,6H2. The van der Waals surface area contributed by atoms with E-state index >= 15 is 0 Å². The summed E-state index contributed by atoms with van der Waals surface area (Å²) in [5.74, 6) is 0.901. The number of nitrogens with zero attached hydrogens (tertiary/aromatic N) is 1. The van der Waals surface area contributed by atoms with Crippen LogP contribution in [-0.2, 0) is 6.61 Å². The molecular formula is C12H7ClI3NO. The van der Waals surface area contributed by atoms with Crippen LogP contribution in [0.25, 0.3) is 0 Å². The number of rotatable bonds is 3. The van der Waals surface area contributed by atoms with Crippen LogP contribution in [0.2, 0.25) is 5.02 Å². The second-order valence-corrected chi connectivity index (χ2v) is 7.46. The van der Waals surface area contributed by atoms with Gasteiger partial charge in [0.05, 0.1) is 12.8 Å². The van der Waals surface area contributed by atoms with Crippen molar-refractivity contribution in [2.45, 2.75) is 6.61 Å². The Morgan fingerprint density at radius 2 is 1.78 bits per heavy atom. The highest BCUT2D eigenvalue weighted by atomic mass is 127. The normalized spacial score (nSPS) is 10.4. The third-order valence-corrected chi connectivity index (χ3v) is 4.57. The summed E-state index contributed by atoms with van der Waals surface area (Å²) in [5.41, 5.74) is 0.827. The van der Waals surface area contributed by atoms with Crippen molar-refractivity contribution in [1.29, 1.82) is 0 Å². The lowest BCUT2D eigenvalue weighted by molar-refractivity contribution is 0.297. The van der Waals surface area contributed by atoms with Crippen molar-refractivity contribution in [2.75, 3.05) is 0 Å². The number of hydrogen-bond donors (Lipinski definition) is 0. The highest BCUT2D eigenvalue weighted by Crippen LogP contribution is 2.30. The Morgan fingerprint density at radius 1 is 1.11 bits per heavy atom.